The van der Waals surface area contributed by atoms with E-state index in [1.54, 1.807) is 0 Å². The largest absolute Gasteiger partial charge is 0.469 e. The Labute approximate surface area is 75.8 Å². The summed E-state index contributed by atoms with van der Waals surface area (Å²) in [6.07, 6.45) is 0.362. The van der Waals surface area contributed by atoms with Gasteiger partial charge in [0.2, 0.25) is 0 Å². The van der Waals surface area contributed by atoms with Crippen LogP contribution in [0.2, 0.25) is 0 Å². The van der Waals surface area contributed by atoms with Gasteiger partial charge in [-0.05, 0) is 6.42 Å². The van der Waals surface area contributed by atoms with Crippen LogP contribution in [0.1, 0.15) is 12.8 Å². The molecule has 0 aliphatic carbocycles. The van der Waals surface area contributed by atoms with Gasteiger partial charge in [-0.15, -0.1) is 11.6 Å². The van der Waals surface area contributed by atoms with E-state index in [0.717, 1.165) is 0 Å². The third kappa shape index (κ3) is 4.18. The van der Waals surface area contributed by atoms with Crippen LogP contribution in [0.15, 0.2) is 0 Å². The minimum Gasteiger partial charge on any atom is -0.469 e. The Morgan fingerprint density at radius 3 is 2.33 bits per heavy atom. The maximum absolute atomic E-state index is 10.7. The average Bonchev–Trinajstić information content (AvgIpc) is 2.11. The second kappa shape index (κ2) is 5.83. The fraction of sp³-hybridized carbons (Fsp3) is 0.714. The standard InChI is InChI=1S/C7H11ClO4/c1-11-6(9)4-3-5(8)7(10)12-2/h5H,3-4H2,1-2H3. The second-order valence-electron chi connectivity index (χ2n) is 2.11. The maximum atomic E-state index is 10.7. The van der Waals surface area contributed by atoms with Crippen molar-refractivity contribution in [2.45, 2.75) is 18.2 Å². The molecule has 1 unspecified atom stereocenters. The summed E-state index contributed by atoms with van der Waals surface area (Å²) in [5.74, 6) is -0.912. The number of methoxy groups -OCH3 is 2. The normalized spacial score (nSPS) is 11.9. The van der Waals surface area contributed by atoms with Crippen molar-refractivity contribution >= 4 is 23.5 Å². The van der Waals surface area contributed by atoms with E-state index in [4.69, 9.17) is 11.6 Å². The summed E-state index contributed by atoms with van der Waals surface area (Å²) in [6.45, 7) is 0. The Balaban J connectivity index is 3.63. The third-order valence-corrected chi connectivity index (χ3v) is 1.68. The van der Waals surface area contributed by atoms with Crippen molar-refractivity contribution in [2.24, 2.45) is 0 Å². The zero-order valence-electron chi connectivity index (χ0n) is 7.00. The Bertz CT molecular complexity index is 169. The molecule has 70 valence electrons. The van der Waals surface area contributed by atoms with Crippen molar-refractivity contribution in [1.82, 2.24) is 0 Å². The number of ether oxygens (including phenoxy) is 2. The molecule has 5 heteroatoms. The van der Waals surface area contributed by atoms with Gasteiger partial charge in [-0.1, -0.05) is 0 Å². The van der Waals surface area contributed by atoms with Crippen molar-refractivity contribution in [3.05, 3.63) is 0 Å². The van der Waals surface area contributed by atoms with Gasteiger partial charge in [0.15, 0.2) is 0 Å². The Morgan fingerprint density at radius 2 is 1.92 bits per heavy atom. The van der Waals surface area contributed by atoms with Gasteiger partial charge in [0.1, 0.15) is 5.38 Å². The molecule has 0 rings (SSSR count). The van der Waals surface area contributed by atoms with Gasteiger partial charge >= 0.3 is 11.9 Å². The summed E-state index contributed by atoms with van der Waals surface area (Å²) in [4.78, 5) is 21.3. The second-order valence-corrected chi connectivity index (χ2v) is 2.63. The van der Waals surface area contributed by atoms with Crippen molar-refractivity contribution < 1.29 is 19.1 Å². The predicted molar refractivity (Wildman–Crippen MR) is 42.9 cm³/mol. The summed E-state index contributed by atoms with van der Waals surface area (Å²) in [5.41, 5.74) is 0. The molecule has 0 aromatic heterocycles. The smallest absolute Gasteiger partial charge is 0.323 e. The Hall–Kier alpha value is -0.770. The first-order valence-corrected chi connectivity index (χ1v) is 3.84. The van der Waals surface area contributed by atoms with Gasteiger partial charge in [-0.3, -0.25) is 9.59 Å². The van der Waals surface area contributed by atoms with Crippen molar-refractivity contribution in [3.8, 4) is 0 Å². The molecule has 0 fully saturated rings. The molecule has 12 heavy (non-hydrogen) atoms. The molecule has 0 radical (unpaired) electrons. The van der Waals surface area contributed by atoms with Gasteiger partial charge in [0, 0.05) is 6.42 Å². The molecule has 0 amide bonds. The predicted octanol–water partition coefficient (Wildman–Crippen LogP) is 0.720. The lowest BCUT2D eigenvalue weighted by Gasteiger charge is -2.04. The molecule has 0 bridgehead atoms. The zero-order valence-corrected chi connectivity index (χ0v) is 7.76. The lowest BCUT2D eigenvalue weighted by atomic mass is 10.2. The fourth-order valence-electron chi connectivity index (χ4n) is 0.592. The first kappa shape index (κ1) is 11.2. The minimum atomic E-state index is -0.769. The number of carbonyl (C=O) groups is 2. The first-order chi connectivity index (χ1) is 5.61. The number of alkyl halides is 1. The molecule has 1 atom stereocenters. The molecule has 0 saturated heterocycles. The lowest BCUT2D eigenvalue weighted by molar-refractivity contribution is -0.142. The van der Waals surface area contributed by atoms with E-state index in [-0.39, 0.29) is 18.8 Å². The van der Waals surface area contributed by atoms with Gasteiger partial charge < -0.3 is 9.47 Å². The molecular weight excluding hydrogens is 184 g/mol. The molecule has 0 spiro atoms. The Kier molecular flexibility index (Phi) is 5.45. The SMILES string of the molecule is COC(=O)CCC(Cl)C(=O)OC. The number of rotatable bonds is 4. The minimum absolute atomic E-state index is 0.125. The van der Waals surface area contributed by atoms with Gasteiger partial charge in [-0.25, -0.2) is 0 Å². The van der Waals surface area contributed by atoms with E-state index in [9.17, 15) is 9.59 Å². The quantitative estimate of drug-likeness (QED) is 0.489. The molecule has 4 nitrogen and oxygen atoms in total. The molecule has 0 N–H and O–H groups in total. The number of esters is 2. The maximum Gasteiger partial charge on any atom is 0.323 e. The highest BCUT2D eigenvalue weighted by atomic mass is 35.5. The molecule has 0 aliphatic heterocycles. The van der Waals surface area contributed by atoms with E-state index >= 15 is 0 Å². The number of halogens is 1. The average molecular weight is 195 g/mol. The highest BCUT2D eigenvalue weighted by Gasteiger charge is 2.16. The summed E-state index contributed by atoms with van der Waals surface area (Å²) < 4.78 is 8.72. The van der Waals surface area contributed by atoms with Crippen LogP contribution in [0.5, 0.6) is 0 Å². The van der Waals surface area contributed by atoms with E-state index in [0.29, 0.717) is 0 Å². The molecular formula is C7H11ClO4. The van der Waals surface area contributed by atoms with Gasteiger partial charge in [0.05, 0.1) is 14.2 Å². The highest BCUT2D eigenvalue weighted by Crippen LogP contribution is 2.07. The van der Waals surface area contributed by atoms with E-state index in [1.807, 2.05) is 0 Å². The van der Waals surface area contributed by atoms with Gasteiger partial charge in [-0.2, -0.15) is 0 Å². The molecule has 0 heterocycles. The van der Waals surface area contributed by atoms with Crippen LogP contribution in [-0.2, 0) is 19.1 Å². The summed E-state index contributed by atoms with van der Waals surface area (Å²) in [5, 5.41) is -0.769. The zero-order chi connectivity index (χ0) is 9.56. The van der Waals surface area contributed by atoms with Crippen LogP contribution in [0, 0.1) is 0 Å². The van der Waals surface area contributed by atoms with Crippen LogP contribution in [0.4, 0.5) is 0 Å². The summed E-state index contributed by atoms with van der Waals surface area (Å²) in [6, 6.07) is 0. The van der Waals surface area contributed by atoms with Gasteiger partial charge in [0.25, 0.3) is 0 Å². The highest BCUT2D eigenvalue weighted by molar-refractivity contribution is 6.29. The van der Waals surface area contributed by atoms with Crippen LogP contribution in [-0.4, -0.2) is 31.5 Å². The van der Waals surface area contributed by atoms with Crippen molar-refractivity contribution in [3.63, 3.8) is 0 Å². The van der Waals surface area contributed by atoms with Crippen molar-refractivity contribution in [2.75, 3.05) is 14.2 Å². The van der Waals surface area contributed by atoms with Crippen LogP contribution in [0.25, 0.3) is 0 Å². The van der Waals surface area contributed by atoms with Crippen LogP contribution < -0.4 is 0 Å². The number of hydrogen-bond donors (Lipinski definition) is 0. The van der Waals surface area contributed by atoms with E-state index in [1.165, 1.54) is 14.2 Å². The first-order valence-electron chi connectivity index (χ1n) is 3.40. The number of hydrogen-bond acceptors (Lipinski definition) is 4. The lowest BCUT2D eigenvalue weighted by Crippen LogP contribution is -2.17. The monoisotopic (exact) mass is 194 g/mol. The molecule has 0 aliphatic rings. The third-order valence-electron chi connectivity index (χ3n) is 1.29. The van der Waals surface area contributed by atoms with E-state index in [2.05, 4.69) is 9.47 Å². The molecule has 0 saturated carbocycles. The van der Waals surface area contributed by atoms with Crippen LogP contribution in [0.3, 0.4) is 0 Å². The fourth-order valence-corrected chi connectivity index (χ4v) is 0.791. The van der Waals surface area contributed by atoms with E-state index < -0.39 is 11.3 Å². The summed E-state index contributed by atoms with van der Waals surface area (Å²) in [7, 11) is 2.53. The van der Waals surface area contributed by atoms with Crippen molar-refractivity contribution in [1.29, 1.82) is 0 Å². The number of carbonyl (C=O) groups excluding carboxylic acids is 2. The topological polar surface area (TPSA) is 52.6 Å². The Morgan fingerprint density at radius 1 is 1.33 bits per heavy atom. The molecule has 0 aromatic rings. The summed E-state index contributed by atoms with van der Waals surface area (Å²) >= 11 is 5.55. The molecule has 0 aromatic carbocycles. The van der Waals surface area contributed by atoms with Crippen LogP contribution >= 0.6 is 11.6 Å².